The summed E-state index contributed by atoms with van der Waals surface area (Å²) < 4.78 is 0. The lowest BCUT2D eigenvalue weighted by Gasteiger charge is -2.46. The first kappa shape index (κ1) is 20.3. The number of aryl methyl sites for hydroxylation is 1. The minimum atomic E-state index is 0.0467. The minimum Gasteiger partial charge on any atom is -0.508 e. The van der Waals surface area contributed by atoms with Gasteiger partial charge < -0.3 is 10.2 Å². The summed E-state index contributed by atoms with van der Waals surface area (Å²) in [6.45, 7) is 13.2. The standard InChI is InChI=1S/C14H24O.C8H10O/c1-6-7-8-14(5)11(2)9-12(15)10-13(14,3)4;1-2-7-4-3-5-8(9)6-7/h9-10,15H,6-8H2,1-5H3;3-6,9H,2H2,1H3. The summed E-state index contributed by atoms with van der Waals surface area (Å²) >= 11 is 0. The van der Waals surface area contributed by atoms with E-state index in [1.54, 1.807) is 12.1 Å². The van der Waals surface area contributed by atoms with Crippen LogP contribution in [0.5, 0.6) is 5.75 Å². The van der Waals surface area contributed by atoms with Crippen LogP contribution in [0, 0.1) is 10.8 Å². The molecule has 0 aliphatic heterocycles. The third kappa shape index (κ3) is 4.90. The molecule has 2 rings (SSSR count). The van der Waals surface area contributed by atoms with Crippen LogP contribution in [0.3, 0.4) is 0 Å². The number of phenols is 1. The lowest BCUT2D eigenvalue weighted by Crippen LogP contribution is -2.37. The third-order valence-corrected chi connectivity index (χ3v) is 5.51. The predicted octanol–water partition coefficient (Wildman–Crippen LogP) is 6.57. The van der Waals surface area contributed by atoms with Crippen LogP contribution in [0.4, 0.5) is 0 Å². The molecule has 0 saturated carbocycles. The number of allylic oxidation sites excluding steroid dienone is 3. The second kappa shape index (κ2) is 8.41. The Balaban J connectivity index is 0.000000272. The van der Waals surface area contributed by atoms with Crippen molar-refractivity contribution in [3.05, 3.63) is 53.3 Å². The second-order valence-electron chi connectivity index (χ2n) is 7.58. The van der Waals surface area contributed by atoms with Crippen molar-refractivity contribution in [1.82, 2.24) is 0 Å². The van der Waals surface area contributed by atoms with Gasteiger partial charge in [0.1, 0.15) is 11.5 Å². The van der Waals surface area contributed by atoms with Crippen molar-refractivity contribution in [2.75, 3.05) is 0 Å². The molecule has 1 aliphatic carbocycles. The van der Waals surface area contributed by atoms with Gasteiger partial charge in [-0.3, -0.25) is 0 Å². The van der Waals surface area contributed by atoms with Crippen LogP contribution >= 0.6 is 0 Å². The minimum absolute atomic E-state index is 0.0467. The SMILES string of the molecule is CCCCC1(C)C(C)=CC(O)=CC1(C)C.CCc1cccc(O)c1. The topological polar surface area (TPSA) is 40.5 Å². The molecule has 0 heterocycles. The molecule has 0 spiro atoms. The Morgan fingerprint density at radius 3 is 2.17 bits per heavy atom. The normalized spacial score (nSPS) is 22.1. The Hall–Kier alpha value is -1.70. The van der Waals surface area contributed by atoms with E-state index >= 15 is 0 Å². The maximum atomic E-state index is 9.66. The largest absolute Gasteiger partial charge is 0.508 e. The molecule has 0 fully saturated rings. The molecule has 0 bridgehead atoms. The fraction of sp³-hybridized carbons (Fsp3) is 0.545. The van der Waals surface area contributed by atoms with Crippen molar-refractivity contribution in [3.8, 4) is 5.75 Å². The highest BCUT2D eigenvalue weighted by Crippen LogP contribution is 2.51. The number of unbranched alkanes of at least 4 members (excludes halogenated alkanes) is 1. The Morgan fingerprint density at radius 2 is 1.71 bits per heavy atom. The highest BCUT2D eigenvalue weighted by molar-refractivity contribution is 5.32. The molecular weight excluding hydrogens is 296 g/mol. The second-order valence-corrected chi connectivity index (χ2v) is 7.58. The monoisotopic (exact) mass is 330 g/mol. The van der Waals surface area contributed by atoms with Gasteiger partial charge in [-0.05, 0) is 60.4 Å². The van der Waals surface area contributed by atoms with Crippen molar-refractivity contribution in [1.29, 1.82) is 0 Å². The number of benzene rings is 1. The van der Waals surface area contributed by atoms with Gasteiger partial charge in [0.2, 0.25) is 0 Å². The van der Waals surface area contributed by atoms with Gasteiger partial charge in [0.15, 0.2) is 0 Å². The first-order valence-electron chi connectivity index (χ1n) is 9.04. The zero-order valence-electron chi connectivity index (χ0n) is 16.2. The van der Waals surface area contributed by atoms with E-state index in [2.05, 4.69) is 41.5 Å². The summed E-state index contributed by atoms with van der Waals surface area (Å²) in [6, 6.07) is 7.31. The Morgan fingerprint density at radius 1 is 1.04 bits per heavy atom. The number of hydrogen-bond donors (Lipinski definition) is 2. The zero-order valence-corrected chi connectivity index (χ0v) is 16.2. The quantitative estimate of drug-likeness (QED) is 0.656. The number of hydrogen-bond acceptors (Lipinski definition) is 2. The van der Waals surface area contributed by atoms with Crippen LogP contribution in [0.2, 0.25) is 0 Å². The summed E-state index contributed by atoms with van der Waals surface area (Å²) in [6.07, 6.45) is 8.57. The van der Waals surface area contributed by atoms with Crippen LogP contribution < -0.4 is 0 Å². The molecule has 1 unspecified atom stereocenters. The molecule has 1 aromatic carbocycles. The van der Waals surface area contributed by atoms with Gasteiger partial charge in [-0.1, -0.05) is 65.2 Å². The fourth-order valence-corrected chi connectivity index (χ4v) is 3.29. The fourth-order valence-electron chi connectivity index (χ4n) is 3.29. The molecule has 0 amide bonds. The first-order chi connectivity index (χ1) is 11.2. The van der Waals surface area contributed by atoms with Crippen LogP contribution in [-0.2, 0) is 6.42 Å². The van der Waals surface area contributed by atoms with E-state index in [-0.39, 0.29) is 10.8 Å². The van der Waals surface area contributed by atoms with E-state index in [4.69, 9.17) is 5.11 Å². The summed E-state index contributed by atoms with van der Waals surface area (Å²) in [5.74, 6) is 0.779. The molecule has 24 heavy (non-hydrogen) atoms. The summed E-state index contributed by atoms with van der Waals surface area (Å²) in [5, 5.41) is 18.6. The van der Waals surface area contributed by atoms with Crippen molar-refractivity contribution in [3.63, 3.8) is 0 Å². The first-order valence-corrected chi connectivity index (χ1v) is 9.04. The zero-order chi connectivity index (χ0) is 18.4. The average molecular weight is 331 g/mol. The number of rotatable bonds is 4. The molecule has 0 aromatic heterocycles. The summed E-state index contributed by atoms with van der Waals surface area (Å²) in [7, 11) is 0. The van der Waals surface area contributed by atoms with Crippen molar-refractivity contribution in [2.24, 2.45) is 10.8 Å². The smallest absolute Gasteiger partial charge is 0.115 e. The van der Waals surface area contributed by atoms with Gasteiger partial charge in [-0.15, -0.1) is 0 Å². The van der Waals surface area contributed by atoms with Crippen molar-refractivity contribution < 1.29 is 10.2 Å². The molecule has 0 radical (unpaired) electrons. The lowest BCUT2D eigenvalue weighted by molar-refractivity contribution is 0.157. The lowest BCUT2D eigenvalue weighted by atomic mass is 9.58. The molecule has 1 aliphatic rings. The number of aliphatic hydroxyl groups is 1. The van der Waals surface area contributed by atoms with Crippen molar-refractivity contribution in [2.45, 2.75) is 67.2 Å². The van der Waals surface area contributed by atoms with Gasteiger partial charge >= 0.3 is 0 Å². The molecule has 2 N–H and O–H groups in total. The molecule has 0 saturated heterocycles. The molecular formula is C22H34O2. The predicted molar refractivity (Wildman–Crippen MR) is 103 cm³/mol. The summed E-state index contributed by atoms with van der Waals surface area (Å²) in [5.41, 5.74) is 2.72. The maximum Gasteiger partial charge on any atom is 0.115 e. The van der Waals surface area contributed by atoms with Crippen LogP contribution in [0.25, 0.3) is 0 Å². The van der Waals surface area contributed by atoms with E-state index in [1.165, 1.54) is 30.4 Å². The Bertz CT molecular complexity index is 596. The highest BCUT2D eigenvalue weighted by Gasteiger charge is 2.42. The van der Waals surface area contributed by atoms with Gasteiger partial charge in [-0.25, -0.2) is 0 Å². The van der Waals surface area contributed by atoms with Crippen LogP contribution in [0.15, 0.2) is 47.7 Å². The van der Waals surface area contributed by atoms with Crippen LogP contribution in [-0.4, -0.2) is 10.2 Å². The van der Waals surface area contributed by atoms with Gasteiger partial charge in [-0.2, -0.15) is 0 Å². The van der Waals surface area contributed by atoms with E-state index in [9.17, 15) is 5.11 Å². The Labute approximate surface area is 147 Å². The van der Waals surface area contributed by atoms with E-state index in [1.807, 2.05) is 24.3 Å². The van der Waals surface area contributed by atoms with Gasteiger partial charge in [0.25, 0.3) is 0 Å². The average Bonchev–Trinajstić information content (AvgIpc) is 2.51. The molecule has 134 valence electrons. The maximum absolute atomic E-state index is 9.66. The van der Waals surface area contributed by atoms with Crippen LogP contribution in [0.1, 0.15) is 66.4 Å². The van der Waals surface area contributed by atoms with E-state index < -0.39 is 0 Å². The molecule has 2 nitrogen and oxygen atoms in total. The molecule has 2 heteroatoms. The van der Waals surface area contributed by atoms with E-state index in [0.717, 1.165) is 6.42 Å². The molecule has 1 atom stereocenters. The Kier molecular flexibility index (Phi) is 7.13. The summed E-state index contributed by atoms with van der Waals surface area (Å²) in [4.78, 5) is 0. The highest BCUT2D eigenvalue weighted by atomic mass is 16.3. The number of aliphatic hydroxyl groups excluding tert-OH is 1. The third-order valence-electron chi connectivity index (χ3n) is 5.51. The number of aromatic hydroxyl groups is 1. The van der Waals surface area contributed by atoms with Gasteiger partial charge in [0.05, 0.1) is 0 Å². The molecule has 1 aromatic rings. The van der Waals surface area contributed by atoms with E-state index in [0.29, 0.717) is 11.5 Å². The van der Waals surface area contributed by atoms with Gasteiger partial charge in [0, 0.05) is 0 Å². The number of phenolic OH excluding ortho intramolecular Hbond substituents is 1. The van der Waals surface area contributed by atoms with Crippen molar-refractivity contribution >= 4 is 0 Å².